The van der Waals surface area contributed by atoms with Crippen LogP contribution in [0.1, 0.15) is 23.7 Å². The van der Waals surface area contributed by atoms with Crippen LogP contribution in [-0.2, 0) is 11.2 Å². The number of anilines is 2. The van der Waals surface area contributed by atoms with Gasteiger partial charge in [-0.15, -0.1) is 0 Å². The van der Waals surface area contributed by atoms with E-state index in [0.717, 1.165) is 29.8 Å². The van der Waals surface area contributed by atoms with Crippen molar-refractivity contribution >= 4 is 17.3 Å². The average Bonchev–Trinajstić information content (AvgIpc) is 3.06. The van der Waals surface area contributed by atoms with Gasteiger partial charge in [-0.05, 0) is 48.7 Å². The topological polar surface area (TPSA) is 65.0 Å². The van der Waals surface area contributed by atoms with Crippen LogP contribution in [0.5, 0.6) is 11.5 Å². The molecular weight excluding hydrogens is 378 g/mol. The molecule has 2 atom stereocenters. The third-order valence-corrected chi connectivity index (χ3v) is 5.85. The number of nitrogens with one attached hydrogen (secondary N) is 1. The third kappa shape index (κ3) is 2.92. The predicted octanol–water partition coefficient (Wildman–Crippen LogP) is 4.09. The van der Waals surface area contributed by atoms with E-state index in [1.165, 1.54) is 12.7 Å². The molecule has 30 heavy (non-hydrogen) atoms. The van der Waals surface area contributed by atoms with Crippen LogP contribution < -0.4 is 15.1 Å². The summed E-state index contributed by atoms with van der Waals surface area (Å²) < 4.78 is 5.21. The minimum Gasteiger partial charge on any atom is -0.504 e. The van der Waals surface area contributed by atoms with Crippen molar-refractivity contribution in [3.63, 3.8) is 0 Å². The number of amides is 1. The molecule has 3 aromatic carbocycles. The van der Waals surface area contributed by atoms with Gasteiger partial charge in [0.1, 0.15) is 6.04 Å². The summed E-state index contributed by atoms with van der Waals surface area (Å²) in [6.07, 6.45) is 1.21. The summed E-state index contributed by atoms with van der Waals surface area (Å²) in [5, 5.41) is 12.1. The highest BCUT2D eigenvalue weighted by molar-refractivity contribution is 5.92. The van der Waals surface area contributed by atoms with Gasteiger partial charge in [0.2, 0.25) is 0 Å². The van der Waals surface area contributed by atoms with Crippen molar-refractivity contribution < 1.29 is 14.6 Å². The van der Waals surface area contributed by atoms with Gasteiger partial charge in [0.05, 0.1) is 12.8 Å². The second kappa shape index (κ2) is 7.30. The van der Waals surface area contributed by atoms with Crippen LogP contribution in [0.25, 0.3) is 0 Å². The molecule has 6 heteroatoms. The van der Waals surface area contributed by atoms with Crippen LogP contribution in [0.15, 0.2) is 72.8 Å². The Bertz CT molecular complexity index is 1090. The molecule has 0 aliphatic carbocycles. The summed E-state index contributed by atoms with van der Waals surface area (Å²) in [4.78, 5) is 15.6. The number of phenolic OH excluding ortho intramolecular Hbond substituents is 1. The standard InChI is InChI=1S/C24H23N3O3/c1-30-22-14-12-17(15-21(22)28)23-26-19-10-6-5-7-16(19)11-13-20(26)24(29)27(23)25-18-8-3-2-4-9-18/h2-10,12,14-15,20,23,25,28H,11,13H2,1H3/t20?,23-/m1/s1. The number of aryl methyl sites for hydroxylation is 1. The van der Waals surface area contributed by atoms with Crippen LogP contribution in [-0.4, -0.2) is 29.2 Å². The van der Waals surface area contributed by atoms with Gasteiger partial charge >= 0.3 is 0 Å². The molecule has 2 aliphatic rings. The number of hydrazine groups is 1. The van der Waals surface area contributed by atoms with E-state index in [2.05, 4.69) is 22.5 Å². The number of ether oxygens (including phenoxy) is 1. The molecule has 1 unspecified atom stereocenters. The van der Waals surface area contributed by atoms with E-state index >= 15 is 0 Å². The largest absolute Gasteiger partial charge is 0.504 e. The first-order valence-corrected chi connectivity index (χ1v) is 10.1. The minimum atomic E-state index is -0.402. The Hall–Kier alpha value is -3.67. The molecule has 2 aliphatic heterocycles. The number of nitrogens with zero attached hydrogens (tertiary/aromatic N) is 2. The quantitative estimate of drug-likeness (QED) is 0.689. The molecular formula is C24H23N3O3. The van der Waals surface area contributed by atoms with E-state index in [0.29, 0.717) is 5.75 Å². The maximum Gasteiger partial charge on any atom is 0.265 e. The lowest BCUT2D eigenvalue weighted by atomic mass is 9.95. The molecule has 0 aromatic heterocycles. The second-order valence-electron chi connectivity index (χ2n) is 7.58. The fraction of sp³-hybridized carbons (Fsp3) is 0.208. The number of methoxy groups -OCH3 is 1. The maximum absolute atomic E-state index is 13.5. The number of para-hydroxylation sites is 2. The lowest BCUT2D eigenvalue weighted by Gasteiger charge is -2.37. The molecule has 3 aromatic rings. The molecule has 5 rings (SSSR count). The maximum atomic E-state index is 13.5. The van der Waals surface area contributed by atoms with Gasteiger partial charge in [0.15, 0.2) is 17.7 Å². The van der Waals surface area contributed by atoms with E-state index < -0.39 is 6.17 Å². The Morgan fingerprint density at radius 1 is 1.03 bits per heavy atom. The SMILES string of the molecule is COc1ccc([C@H]2N(Nc3ccccc3)C(=O)C3CCc4ccccc4N32)cc1O. The lowest BCUT2D eigenvalue weighted by molar-refractivity contribution is -0.128. The van der Waals surface area contributed by atoms with Crippen molar-refractivity contribution in [2.24, 2.45) is 0 Å². The Morgan fingerprint density at radius 2 is 1.80 bits per heavy atom. The van der Waals surface area contributed by atoms with E-state index in [9.17, 15) is 9.90 Å². The number of carbonyl (C=O) groups excluding carboxylic acids is 1. The molecule has 152 valence electrons. The van der Waals surface area contributed by atoms with Crippen molar-refractivity contribution in [2.45, 2.75) is 25.0 Å². The van der Waals surface area contributed by atoms with E-state index in [4.69, 9.17) is 4.74 Å². The zero-order chi connectivity index (χ0) is 20.7. The van der Waals surface area contributed by atoms with Crippen LogP contribution in [0, 0.1) is 0 Å². The third-order valence-electron chi connectivity index (χ3n) is 5.85. The van der Waals surface area contributed by atoms with E-state index in [-0.39, 0.29) is 17.7 Å². The summed E-state index contributed by atoms with van der Waals surface area (Å²) in [6, 6.07) is 22.9. The highest BCUT2D eigenvalue weighted by atomic mass is 16.5. The number of fused-ring (bicyclic) bond motifs is 3. The summed E-state index contributed by atoms with van der Waals surface area (Å²) in [6.45, 7) is 0. The minimum absolute atomic E-state index is 0.0219. The van der Waals surface area contributed by atoms with Gasteiger partial charge < -0.3 is 14.7 Å². The molecule has 2 N–H and O–H groups in total. The number of hydrogen-bond acceptors (Lipinski definition) is 5. The number of aromatic hydroxyl groups is 1. The Morgan fingerprint density at radius 3 is 2.57 bits per heavy atom. The smallest absolute Gasteiger partial charge is 0.265 e. The monoisotopic (exact) mass is 401 g/mol. The zero-order valence-electron chi connectivity index (χ0n) is 16.7. The molecule has 0 saturated carbocycles. The van der Waals surface area contributed by atoms with Crippen molar-refractivity contribution in [1.82, 2.24) is 5.01 Å². The molecule has 0 bridgehead atoms. The molecule has 1 saturated heterocycles. The number of carbonyl (C=O) groups is 1. The van der Waals surface area contributed by atoms with Gasteiger partial charge in [0, 0.05) is 11.3 Å². The highest BCUT2D eigenvalue weighted by Gasteiger charge is 2.49. The Labute approximate surface area is 175 Å². The Balaban J connectivity index is 1.63. The summed E-state index contributed by atoms with van der Waals surface area (Å²) >= 11 is 0. The molecule has 2 heterocycles. The van der Waals surface area contributed by atoms with Crippen LogP contribution in [0.3, 0.4) is 0 Å². The summed E-state index contributed by atoms with van der Waals surface area (Å²) in [5.74, 6) is 0.478. The van der Waals surface area contributed by atoms with Crippen LogP contribution in [0.4, 0.5) is 11.4 Å². The first-order chi connectivity index (χ1) is 14.7. The zero-order valence-corrected chi connectivity index (χ0v) is 16.7. The first-order valence-electron chi connectivity index (χ1n) is 10.1. The van der Waals surface area contributed by atoms with Gasteiger partial charge in [-0.3, -0.25) is 10.2 Å². The fourth-order valence-corrected chi connectivity index (χ4v) is 4.47. The normalized spacial score (nSPS) is 20.0. The van der Waals surface area contributed by atoms with Crippen LogP contribution >= 0.6 is 0 Å². The number of hydrogen-bond donors (Lipinski definition) is 2. The van der Waals surface area contributed by atoms with Crippen molar-refractivity contribution in [1.29, 1.82) is 0 Å². The summed E-state index contributed by atoms with van der Waals surface area (Å²) in [7, 11) is 1.52. The number of rotatable bonds is 4. The lowest BCUT2D eigenvalue weighted by Crippen LogP contribution is -2.38. The number of benzene rings is 3. The predicted molar refractivity (Wildman–Crippen MR) is 115 cm³/mol. The fourth-order valence-electron chi connectivity index (χ4n) is 4.47. The summed E-state index contributed by atoms with van der Waals surface area (Å²) in [5.41, 5.74) is 7.23. The van der Waals surface area contributed by atoms with Gasteiger partial charge in [-0.25, -0.2) is 5.01 Å². The van der Waals surface area contributed by atoms with Crippen molar-refractivity contribution in [2.75, 3.05) is 17.4 Å². The van der Waals surface area contributed by atoms with Crippen LogP contribution in [0.2, 0.25) is 0 Å². The van der Waals surface area contributed by atoms with Crippen molar-refractivity contribution in [3.8, 4) is 11.5 Å². The molecule has 0 radical (unpaired) electrons. The van der Waals surface area contributed by atoms with Gasteiger partial charge in [-0.2, -0.15) is 0 Å². The Kier molecular flexibility index (Phi) is 4.47. The molecule has 0 spiro atoms. The van der Waals surface area contributed by atoms with E-state index in [1.54, 1.807) is 17.1 Å². The number of phenols is 1. The molecule has 6 nitrogen and oxygen atoms in total. The van der Waals surface area contributed by atoms with E-state index in [1.807, 2.05) is 48.5 Å². The second-order valence-corrected chi connectivity index (χ2v) is 7.58. The average molecular weight is 401 g/mol. The highest BCUT2D eigenvalue weighted by Crippen LogP contribution is 2.45. The molecule has 1 amide bonds. The van der Waals surface area contributed by atoms with Gasteiger partial charge in [-0.1, -0.05) is 42.5 Å². The molecule has 1 fully saturated rings. The first kappa shape index (κ1) is 18.4. The van der Waals surface area contributed by atoms with Crippen molar-refractivity contribution in [3.05, 3.63) is 83.9 Å². The van der Waals surface area contributed by atoms with Gasteiger partial charge in [0.25, 0.3) is 5.91 Å².